The predicted octanol–water partition coefficient (Wildman–Crippen LogP) is 1.68. The molecule has 2 amide bonds. The van der Waals surface area contributed by atoms with E-state index in [1.807, 2.05) is 43.1 Å². The lowest BCUT2D eigenvalue weighted by Crippen LogP contribution is -2.42. The molecule has 0 aliphatic carbocycles. The molecule has 2 fully saturated rings. The number of hydrogen-bond acceptors (Lipinski definition) is 4. The third-order valence-electron chi connectivity index (χ3n) is 4.86. The third-order valence-corrected chi connectivity index (χ3v) is 4.86. The number of para-hydroxylation sites is 2. The van der Waals surface area contributed by atoms with E-state index in [4.69, 9.17) is 4.74 Å². The number of hydrogen-bond donors (Lipinski definition) is 1. The smallest absolute Gasteiger partial charge is 0.228 e. The van der Waals surface area contributed by atoms with Crippen LogP contribution in [-0.4, -0.2) is 56.0 Å². The van der Waals surface area contributed by atoms with E-state index in [0.29, 0.717) is 18.9 Å². The van der Waals surface area contributed by atoms with Crippen molar-refractivity contribution in [1.82, 2.24) is 10.2 Å². The van der Waals surface area contributed by atoms with Crippen LogP contribution in [0, 0.1) is 5.92 Å². The number of nitrogens with one attached hydrogen (secondary N) is 1. The predicted molar refractivity (Wildman–Crippen MR) is 99.4 cm³/mol. The van der Waals surface area contributed by atoms with E-state index < -0.39 is 0 Å². The maximum absolute atomic E-state index is 12.8. The summed E-state index contributed by atoms with van der Waals surface area (Å²) >= 11 is 0. The zero-order valence-electron chi connectivity index (χ0n) is 14.7. The van der Waals surface area contributed by atoms with Crippen LogP contribution in [0.4, 0.5) is 5.69 Å². The normalized spacial score (nSPS) is 22.6. The van der Waals surface area contributed by atoms with Gasteiger partial charge in [0.25, 0.3) is 0 Å². The van der Waals surface area contributed by atoms with E-state index in [1.54, 1.807) is 4.90 Å². The van der Waals surface area contributed by atoms with Crippen molar-refractivity contribution in [3.05, 3.63) is 24.3 Å². The molecule has 138 valence electrons. The molecule has 25 heavy (non-hydrogen) atoms. The van der Waals surface area contributed by atoms with Gasteiger partial charge < -0.3 is 19.9 Å². The van der Waals surface area contributed by atoms with Crippen molar-refractivity contribution in [2.24, 2.45) is 5.92 Å². The quantitative estimate of drug-likeness (QED) is 0.860. The summed E-state index contributed by atoms with van der Waals surface area (Å²) < 4.78 is 5.62. The van der Waals surface area contributed by atoms with E-state index in [2.05, 4.69) is 5.32 Å². The second-order valence-electron chi connectivity index (χ2n) is 6.40. The molecule has 2 heterocycles. The zero-order valence-corrected chi connectivity index (χ0v) is 15.6. The Kier molecular flexibility index (Phi) is 6.67. The number of benzene rings is 1. The standard InChI is InChI=1S/C18H25N3O3.ClH/c1-3-24-16-7-5-4-6-15(16)21-12-13(10-17(21)22)18(23)20(2)14-8-9-19-11-14;/h4-7,13-14,19H,3,8-12H2,1-2H3;1H. The maximum atomic E-state index is 12.8. The van der Waals surface area contributed by atoms with Gasteiger partial charge in [0.15, 0.2) is 0 Å². The minimum absolute atomic E-state index is 0. The van der Waals surface area contributed by atoms with Gasteiger partial charge in [-0.25, -0.2) is 0 Å². The molecule has 2 unspecified atom stereocenters. The first-order chi connectivity index (χ1) is 11.6. The highest BCUT2D eigenvalue weighted by molar-refractivity contribution is 6.01. The Morgan fingerprint density at radius 1 is 1.40 bits per heavy atom. The first-order valence-electron chi connectivity index (χ1n) is 8.61. The summed E-state index contributed by atoms with van der Waals surface area (Å²) in [5.74, 6) is 0.458. The average molecular weight is 368 g/mol. The van der Waals surface area contributed by atoms with Crippen LogP contribution in [-0.2, 0) is 9.59 Å². The molecule has 1 aromatic rings. The Morgan fingerprint density at radius 3 is 2.84 bits per heavy atom. The van der Waals surface area contributed by atoms with Gasteiger partial charge >= 0.3 is 0 Å². The molecule has 0 saturated carbocycles. The second kappa shape index (κ2) is 8.54. The fourth-order valence-corrected chi connectivity index (χ4v) is 3.50. The van der Waals surface area contributed by atoms with Crippen molar-refractivity contribution in [1.29, 1.82) is 0 Å². The molecule has 0 aromatic heterocycles. The van der Waals surface area contributed by atoms with Gasteiger partial charge in [0.05, 0.1) is 18.2 Å². The highest BCUT2D eigenvalue weighted by Crippen LogP contribution is 2.33. The van der Waals surface area contributed by atoms with Crippen molar-refractivity contribution in [3.8, 4) is 5.75 Å². The lowest BCUT2D eigenvalue weighted by molar-refractivity contribution is -0.136. The first kappa shape index (κ1) is 19.5. The SMILES string of the molecule is CCOc1ccccc1N1CC(C(=O)N(C)C2CCNC2)CC1=O.Cl. The van der Waals surface area contributed by atoms with E-state index >= 15 is 0 Å². The Hall–Kier alpha value is -1.79. The van der Waals surface area contributed by atoms with Crippen LogP contribution in [0.15, 0.2) is 24.3 Å². The molecule has 1 N–H and O–H groups in total. The summed E-state index contributed by atoms with van der Waals surface area (Å²) in [7, 11) is 1.85. The maximum Gasteiger partial charge on any atom is 0.228 e. The van der Waals surface area contributed by atoms with Crippen molar-refractivity contribution in [2.75, 3.05) is 38.2 Å². The molecule has 2 saturated heterocycles. The Morgan fingerprint density at radius 2 is 2.16 bits per heavy atom. The summed E-state index contributed by atoms with van der Waals surface area (Å²) in [5, 5.41) is 3.28. The Labute approximate surface area is 154 Å². The number of rotatable bonds is 5. The number of carbonyl (C=O) groups is 2. The summed E-state index contributed by atoms with van der Waals surface area (Å²) in [6.07, 6.45) is 1.24. The third kappa shape index (κ3) is 4.07. The van der Waals surface area contributed by atoms with Crippen LogP contribution in [0.25, 0.3) is 0 Å². The molecule has 0 bridgehead atoms. The highest BCUT2D eigenvalue weighted by Gasteiger charge is 2.39. The second-order valence-corrected chi connectivity index (χ2v) is 6.40. The minimum atomic E-state index is -0.280. The van der Waals surface area contributed by atoms with Crippen molar-refractivity contribution in [3.63, 3.8) is 0 Å². The minimum Gasteiger partial charge on any atom is -0.492 e. The number of carbonyl (C=O) groups excluding carboxylic acids is 2. The van der Waals surface area contributed by atoms with Crippen LogP contribution in [0.3, 0.4) is 0 Å². The molecule has 0 spiro atoms. The molecule has 2 atom stereocenters. The molecule has 2 aliphatic heterocycles. The molecular weight excluding hydrogens is 342 g/mol. The lowest BCUT2D eigenvalue weighted by Gasteiger charge is -2.26. The summed E-state index contributed by atoms with van der Waals surface area (Å²) in [5.41, 5.74) is 0.754. The number of ether oxygens (including phenoxy) is 1. The van der Waals surface area contributed by atoms with E-state index in [0.717, 1.165) is 25.2 Å². The van der Waals surface area contributed by atoms with Gasteiger partial charge in [-0.05, 0) is 32.0 Å². The Bertz CT molecular complexity index is 619. The van der Waals surface area contributed by atoms with Gasteiger partial charge in [-0.15, -0.1) is 12.4 Å². The fourth-order valence-electron chi connectivity index (χ4n) is 3.50. The number of likely N-dealkylation sites (N-methyl/N-ethyl adjacent to an activating group) is 1. The van der Waals surface area contributed by atoms with Gasteiger partial charge in [0.1, 0.15) is 5.75 Å². The largest absolute Gasteiger partial charge is 0.492 e. The molecule has 0 radical (unpaired) electrons. The van der Waals surface area contributed by atoms with Gasteiger partial charge in [0, 0.05) is 32.6 Å². The van der Waals surface area contributed by atoms with E-state index in [1.165, 1.54) is 0 Å². The average Bonchev–Trinajstić information content (AvgIpc) is 3.24. The van der Waals surface area contributed by atoms with Crippen LogP contribution in [0.1, 0.15) is 19.8 Å². The van der Waals surface area contributed by atoms with Crippen LogP contribution < -0.4 is 15.0 Å². The van der Waals surface area contributed by atoms with Gasteiger partial charge in [-0.1, -0.05) is 12.1 Å². The van der Waals surface area contributed by atoms with Gasteiger partial charge in [0.2, 0.25) is 11.8 Å². The number of halogens is 1. The molecule has 7 heteroatoms. The molecular formula is C18H26ClN3O3. The molecule has 2 aliphatic rings. The number of amides is 2. The molecule has 6 nitrogen and oxygen atoms in total. The topological polar surface area (TPSA) is 61.9 Å². The number of nitrogens with zero attached hydrogens (tertiary/aromatic N) is 2. The molecule has 3 rings (SSSR count). The molecule has 1 aromatic carbocycles. The van der Waals surface area contributed by atoms with Crippen molar-refractivity contribution < 1.29 is 14.3 Å². The monoisotopic (exact) mass is 367 g/mol. The van der Waals surface area contributed by atoms with Crippen LogP contribution in [0.5, 0.6) is 5.75 Å². The summed E-state index contributed by atoms with van der Waals surface area (Å²) in [4.78, 5) is 28.7. The van der Waals surface area contributed by atoms with Gasteiger partial charge in [-0.3, -0.25) is 9.59 Å². The first-order valence-corrected chi connectivity index (χ1v) is 8.61. The van der Waals surface area contributed by atoms with Crippen molar-refractivity contribution in [2.45, 2.75) is 25.8 Å². The van der Waals surface area contributed by atoms with Crippen molar-refractivity contribution >= 4 is 29.9 Å². The van der Waals surface area contributed by atoms with Crippen LogP contribution in [0.2, 0.25) is 0 Å². The lowest BCUT2D eigenvalue weighted by atomic mass is 10.1. The number of anilines is 1. The highest BCUT2D eigenvalue weighted by atomic mass is 35.5. The van der Waals surface area contributed by atoms with E-state index in [-0.39, 0.29) is 42.6 Å². The van der Waals surface area contributed by atoms with Crippen LogP contribution >= 0.6 is 12.4 Å². The zero-order chi connectivity index (χ0) is 17.1. The van der Waals surface area contributed by atoms with Gasteiger partial charge in [-0.2, -0.15) is 0 Å². The Balaban J connectivity index is 0.00000225. The summed E-state index contributed by atoms with van der Waals surface area (Å²) in [6, 6.07) is 7.74. The van der Waals surface area contributed by atoms with E-state index in [9.17, 15) is 9.59 Å². The fraction of sp³-hybridized carbons (Fsp3) is 0.556. The summed E-state index contributed by atoms with van der Waals surface area (Å²) in [6.45, 7) is 4.66.